The van der Waals surface area contributed by atoms with Crippen LogP contribution in [0.4, 0.5) is 0 Å². The number of fused-ring (bicyclic) bond motifs is 3. The first-order chi connectivity index (χ1) is 7.25. The molecule has 1 N–H and O–H groups in total. The van der Waals surface area contributed by atoms with Crippen molar-refractivity contribution in [1.29, 1.82) is 0 Å². The summed E-state index contributed by atoms with van der Waals surface area (Å²) in [6, 6.07) is 12.9. The van der Waals surface area contributed by atoms with Crippen LogP contribution >= 0.6 is 0 Å². The van der Waals surface area contributed by atoms with Crippen molar-refractivity contribution in [2.24, 2.45) is 0 Å². The van der Waals surface area contributed by atoms with E-state index in [1.807, 2.05) is 0 Å². The summed E-state index contributed by atoms with van der Waals surface area (Å²) < 4.78 is 0. The second-order valence-corrected chi connectivity index (χ2v) is 4.17. The molecule has 2 aromatic carbocycles. The lowest BCUT2D eigenvalue weighted by Gasteiger charge is -1.99. The van der Waals surface area contributed by atoms with Crippen LogP contribution in [-0.4, -0.2) is 4.98 Å². The van der Waals surface area contributed by atoms with Gasteiger partial charge in [-0.05, 0) is 37.1 Å². The molecule has 1 aromatic heterocycles. The number of para-hydroxylation sites is 1. The van der Waals surface area contributed by atoms with Gasteiger partial charge in [-0.3, -0.25) is 0 Å². The Labute approximate surface area is 88.7 Å². The third kappa shape index (κ3) is 1.16. The van der Waals surface area contributed by atoms with Crippen molar-refractivity contribution in [3.05, 3.63) is 47.5 Å². The highest BCUT2D eigenvalue weighted by molar-refractivity contribution is 6.08. The third-order valence-electron chi connectivity index (χ3n) is 2.95. The summed E-state index contributed by atoms with van der Waals surface area (Å²) in [5.41, 5.74) is 5.13. The minimum atomic E-state index is 1.22. The Morgan fingerprint density at radius 1 is 0.933 bits per heavy atom. The van der Waals surface area contributed by atoms with Crippen molar-refractivity contribution < 1.29 is 0 Å². The minimum absolute atomic E-state index is 1.22. The first-order valence-corrected chi connectivity index (χ1v) is 5.23. The van der Waals surface area contributed by atoms with E-state index >= 15 is 0 Å². The third-order valence-corrected chi connectivity index (χ3v) is 2.95. The van der Waals surface area contributed by atoms with E-state index in [1.165, 1.54) is 32.9 Å². The fourth-order valence-corrected chi connectivity index (χ4v) is 2.38. The SMILES string of the molecule is Cc1cc(C)c2c(c1)[nH]c1ccccc12. The summed E-state index contributed by atoms with van der Waals surface area (Å²) >= 11 is 0. The summed E-state index contributed by atoms with van der Waals surface area (Å²) in [4.78, 5) is 3.46. The highest BCUT2D eigenvalue weighted by Crippen LogP contribution is 2.28. The van der Waals surface area contributed by atoms with Crippen molar-refractivity contribution >= 4 is 21.8 Å². The van der Waals surface area contributed by atoms with E-state index in [2.05, 4.69) is 55.2 Å². The normalized spacial score (nSPS) is 11.3. The van der Waals surface area contributed by atoms with Crippen LogP contribution in [0.3, 0.4) is 0 Å². The van der Waals surface area contributed by atoms with Crippen molar-refractivity contribution in [3.8, 4) is 0 Å². The van der Waals surface area contributed by atoms with E-state index in [4.69, 9.17) is 0 Å². The predicted octanol–water partition coefficient (Wildman–Crippen LogP) is 3.94. The molecule has 0 spiro atoms. The molecule has 3 rings (SSSR count). The summed E-state index contributed by atoms with van der Waals surface area (Å²) in [6.07, 6.45) is 0. The lowest BCUT2D eigenvalue weighted by Crippen LogP contribution is -1.78. The van der Waals surface area contributed by atoms with E-state index in [-0.39, 0.29) is 0 Å². The fraction of sp³-hybridized carbons (Fsp3) is 0.143. The minimum Gasteiger partial charge on any atom is -0.354 e. The number of H-pyrrole nitrogens is 1. The lowest BCUT2D eigenvalue weighted by atomic mass is 10.1. The molecule has 0 aliphatic carbocycles. The number of aromatic amines is 1. The second-order valence-electron chi connectivity index (χ2n) is 4.17. The van der Waals surface area contributed by atoms with Crippen molar-refractivity contribution in [1.82, 2.24) is 4.98 Å². The largest absolute Gasteiger partial charge is 0.354 e. The molecule has 0 fully saturated rings. The van der Waals surface area contributed by atoms with Crippen LogP contribution in [-0.2, 0) is 0 Å². The van der Waals surface area contributed by atoms with Gasteiger partial charge in [-0.2, -0.15) is 0 Å². The zero-order valence-corrected chi connectivity index (χ0v) is 8.96. The molecule has 74 valence electrons. The molecule has 1 nitrogen and oxygen atoms in total. The average Bonchev–Trinajstić information content (AvgIpc) is 2.54. The molecule has 3 aromatic rings. The monoisotopic (exact) mass is 195 g/mol. The molecule has 15 heavy (non-hydrogen) atoms. The molecule has 0 bridgehead atoms. The summed E-state index contributed by atoms with van der Waals surface area (Å²) in [5, 5.41) is 2.68. The topological polar surface area (TPSA) is 15.8 Å². The molecule has 0 saturated heterocycles. The number of hydrogen-bond donors (Lipinski definition) is 1. The Morgan fingerprint density at radius 2 is 1.73 bits per heavy atom. The molecule has 1 heterocycles. The molecule has 0 saturated carbocycles. The maximum atomic E-state index is 3.46. The van der Waals surface area contributed by atoms with Gasteiger partial charge in [0.1, 0.15) is 0 Å². The molecule has 0 amide bonds. The number of hydrogen-bond acceptors (Lipinski definition) is 0. The average molecular weight is 195 g/mol. The molecule has 0 unspecified atom stereocenters. The van der Waals surface area contributed by atoms with Gasteiger partial charge in [0, 0.05) is 21.8 Å². The quantitative estimate of drug-likeness (QED) is 0.559. The van der Waals surface area contributed by atoms with Gasteiger partial charge in [0.25, 0.3) is 0 Å². The number of nitrogens with one attached hydrogen (secondary N) is 1. The van der Waals surface area contributed by atoms with Crippen LogP contribution in [0.2, 0.25) is 0 Å². The Morgan fingerprint density at radius 3 is 2.60 bits per heavy atom. The van der Waals surface area contributed by atoms with Crippen LogP contribution < -0.4 is 0 Å². The van der Waals surface area contributed by atoms with Gasteiger partial charge in [0.2, 0.25) is 0 Å². The maximum absolute atomic E-state index is 3.46. The Hall–Kier alpha value is -1.76. The molecule has 0 aliphatic heterocycles. The van der Waals surface area contributed by atoms with Gasteiger partial charge in [-0.1, -0.05) is 24.3 Å². The first kappa shape index (κ1) is 8.54. The molecular formula is C14H13N. The Balaban J connectivity index is 2.61. The fourth-order valence-electron chi connectivity index (χ4n) is 2.38. The van der Waals surface area contributed by atoms with Gasteiger partial charge in [0.15, 0.2) is 0 Å². The van der Waals surface area contributed by atoms with E-state index < -0.39 is 0 Å². The number of aromatic nitrogens is 1. The highest BCUT2D eigenvalue weighted by atomic mass is 14.7. The van der Waals surface area contributed by atoms with Crippen molar-refractivity contribution in [2.45, 2.75) is 13.8 Å². The van der Waals surface area contributed by atoms with Gasteiger partial charge < -0.3 is 4.98 Å². The maximum Gasteiger partial charge on any atom is 0.0470 e. The number of rotatable bonds is 0. The van der Waals surface area contributed by atoms with E-state index in [9.17, 15) is 0 Å². The van der Waals surface area contributed by atoms with Crippen LogP contribution in [0.25, 0.3) is 21.8 Å². The lowest BCUT2D eigenvalue weighted by molar-refractivity contribution is 1.42. The molecule has 0 radical (unpaired) electrons. The number of aryl methyl sites for hydroxylation is 2. The smallest absolute Gasteiger partial charge is 0.0470 e. The van der Waals surface area contributed by atoms with Gasteiger partial charge >= 0.3 is 0 Å². The summed E-state index contributed by atoms with van der Waals surface area (Å²) in [5.74, 6) is 0. The second kappa shape index (κ2) is 2.86. The van der Waals surface area contributed by atoms with E-state index in [1.54, 1.807) is 0 Å². The van der Waals surface area contributed by atoms with Gasteiger partial charge in [0.05, 0.1) is 0 Å². The van der Waals surface area contributed by atoms with Crippen molar-refractivity contribution in [2.75, 3.05) is 0 Å². The molecule has 0 aliphatic rings. The van der Waals surface area contributed by atoms with E-state index in [0.29, 0.717) is 0 Å². The first-order valence-electron chi connectivity index (χ1n) is 5.23. The van der Waals surface area contributed by atoms with Crippen LogP contribution in [0.1, 0.15) is 11.1 Å². The standard InChI is InChI=1S/C14H13N/c1-9-7-10(2)14-11-5-3-4-6-12(11)15-13(14)8-9/h3-8,15H,1-2H3. The van der Waals surface area contributed by atoms with Gasteiger partial charge in [-0.15, -0.1) is 0 Å². The van der Waals surface area contributed by atoms with Gasteiger partial charge in [-0.25, -0.2) is 0 Å². The summed E-state index contributed by atoms with van der Waals surface area (Å²) in [7, 11) is 0. The Kier molecular flexibility index (Phi) is 1.63. The molecule has 1 heteroatoms. The Bertz CT molecular complexity index is 647. The molecule has 0 atom stereocenters. The van der Waals surface area contributed by atoms with Crippen LogP contribution in [0, 0.1) is 13.8 Å². The van der Waals surface area contributed by atoms with Crippen LogP contribution in [0.5, 0.6) is 0 Å². The highest BCUT2D eigenvalue weighted by Gasteiger charge is 2.05. The number of benzene rings is 2. The van der Waals surface area contributed by atoms with Crippen LogP contribution in [0.15, 0.2) is 36.4 Å². The zero-order chi connectivity index (χ0) is 10.4. The summed E-state index contributed by atoms with van der Waals surface area (Å²) in [6.45, 7) is 4.31. The van der Waals surface area contributed by atoms with E-state index in [0.717, 1.165) is 0 Å². The molecular weight excluding hydrogens is 182 g/mol. The predicted molar refractivity (Wildman–Crippen MR) is 65.3 cm³/mol. The zero-order valence-electron chi connectivity index (χ0n) is 8.96. The van der Waals surface area contributed by atoms with Crippen molar-refractivity contribution in [3.63, 3.8) is 0 Å².